The van der Waals surface area contributed by atoms with Crippen LogP contribution >= 0.6 is 0 Å². The number of nitrogens with one attached hydrogen (secondary N) is 1. The van der Waals surface area contributed by atoms with Gasteiger partial charge in [-0.1, -0.05) is 6.92 Å². The molecule has 0 spiro atoms. The first-order valence-electron chi connectivity index (χ1n) is 5.72. The van der Waals surface area contributed by atoms with Gasteiger partial charge in [0.25, 0.3) is 0 Å². The summed E-state index contributed by atoms with van der Waals surface area (Å²) in [6, 6.07) is 1.50. The molecule has 18 heavy (non-hydrogen) atoms. The van der Waals surface area contributed by atoms with Gasteiger partial charge in [-0.05, 0) is 18.9 Å². The van der Waals surface area contributed by atoms with Crippen molar-refractivity contribution in [2.45, 2.75) is 20.3 Å². The predicted octanol–water partition coefficient (Wildman–Crippen LogP) is 2.11. The van der Waals surface area contributed by atoms with E-state index in [4.69, 9.17) is 10.5 Å². The Bertz CT molecular complexity index is 629. The monoisotopic (exact) mass is 248 g/mol. The van der Waals surface area contributed by atoms with Crippen molar-refractivity contribution in [3.05, 3.63) is 22.9 Å². The van der Waals surface area contributed by atoms with Gasteiger partial charge in [0.1, 0.15) is 5.75 Å². The highest BCUT2D eigenvalue weighted by Gasteiger charge is 2.22. The van der Waals surface area contributed by atoms with Crippen LogP contribution in [0.5, 0.6) is 5.75 Å². The highest BCUT2D eigenvalue weighted by Crippen LogP contribution is 2.36. The van der Waals surface area contributed by atoms with Gasteiger partial charge >= 0.3 is 5.97 Å². The van der Waals surface area contributed by atoms with E-state index in [0.717, 1.165) is 5.56 Å². The molecule has 4 N–H and O–H groups in total. The summed E-state index contributed by atoms with van der Waals surface area (Å²) < 4.78 is 4.78. The molecule has 0 radical (unpaired) electrons. The van der Waals surface area contributed by atoms with Crippen LogP contribution in [0.25, 0.3) is 10.9 Å². The molecule has 5 heteroatoms. The molecule has 0 aliphatic carbocycles. The molecule has 2 aromatic rings. The molecular formula is C13H16N2O3. The number of nitrogen functional groups attached to an aromatic ring is 1. The van der Waals surface area contributed by atoms with Gasteiger partial charge in [-0.2, -0.15) is 0 Å². The van der Waals surface area contributed by atoms with Gasteiger partial charge in [-0.3, -0.25) is 0 Å². The number of aromatic amines is 1. The molecule has 1 aromatic carbocycles. The molecule has 0 aliphatic heterocycles. The lowest BCUT2D eigenvalue weighted by Gasteiger charge is -2.08. The Hall–Kier alpha value is -2.17. The number of aromatic nitrogens is 1. The van der Waals surface area contributed by atoms with Gasteiger partial charge in [0, 0.05) is 22.8 Å². The summed E-state index contributed by atoms with van der Waals surface area (Å²) in [5, 5.41) is 10.6. The number of esters is 1. The average Bonchev–Trinajstić information content (AvgIpc) is 2.67. The number of carbonyl (C=O) groups is 1. The molecule has 0 aliphatic rings. The maximum Gasteiger partial charge on any atom is 0.340 e. The van der Waals surface area contributed by atoms with E-state index in [9.17, 15) is 9.90 Å². The molecule has 0 bridgehead atoms. The fourth-order valence-corrected chi connectivity index (χ4v) is 2.31. The number of aromatic hydroxyl groups is 1. The van der Waals surface area contributed by atoms with Gasteiger partial charge < -0.3 is 20.6 Å². The zero-order chi connectivity index (χ0) is 13.4. The first kappa shape index (κ1) is 12.3. The van der Waals surface area contributed by atoms with Crippen LogP contribution in [0.3, 0.4) is 0 Å². The number of H-pyrrole nitrogens is 1. The second kappa shape index (κ2) is 4.25. The van der Waals surface area contributed by atoms with Gasteiger partial charge in [0.2, 0.25) is 0 Å². The summed E-state index contributed by atoms with van der Waals surface area (Å²) in [5.74, 6) is -0.392. The number of methoxy groups -OCH3 is 1. The Kier molecular flexibility index (Phi) is 2.90. The van der Waals surface area contributed by atoms with Crippen molar-refractivity contribution in [1.82, 2.24) is 4.98 Å². The molecule has 0 saturated carbocycles. The standard InChI is InChI=1S/C13H16N2O3/c1-4-7-8(14)5-9(16)12-11(7)10(6(2)15-12)13(17)18-3/h5,15-16H,4,14H2,1-3H3. The number of ether oxygens (including phenoxy) is 1. The lowest BCUT2D eigenvalue weighted by Crippen LogP contribution is -2.04. The van der Waals surface area contributed by atoms with Crippen LogP contribution < -0.4 is 5.73 Å². The van der Waals surface area contributed by atoms with Crippen LogP contribution in [0.2, 0.25) is 0 Å². The van der Waals surface area contributed by atoms with E-state index in [0.29, 0.717) is 34.3 Å². The summed E-state index contributed by atoms with van der Waals surface area (Å²) in [5.41, 5.74) is 8.83. The number of fused-ring (bicyclic) bond motifs is 1. The van der Waals surface area contributed by atoms with E-state index in [-0.39, 0.29) is 5.75 Å². The van der Waals surface area contributed by atoms with Crippen molar-refractivity contribution >= 4 is 22.6 Å². The van der Waals surface area contributed by atoms with Crippen LogP contribution in [-0.2, 0) is 11.2 Å². The Morgan fingerprint density at radius 3 is 2.78 bits per heavy atom. The number of rotatable bonds is 2. The molecule has 2 rings (SSSR count). The van der Waals surface area contributed by atoms with Crippen molar-refractivity contribution in [2.24, 2.45) is 0 Å². The maximum atomic E-state index is 11.8. The first-order chi connectivity index (χ1) is 8.51. The Morgan fingerprint density at radius 2 is 2.22 bits per heavy atom. The Morgan fingerprint density at radius 1 is 1.56 bits per heavy atom. The topological polar surface area (TPSA) is 88.3 Å². The molecule has 0 atom stereocenters. The summed E-state index contributed by atoms with van der Waals surface area (Å²) in [7, 11) is 1.33. The Labute approximate surface area is 105 Å². The summed E-state index contributed by atoms with van der Waals surface area (Å²) in [4.78, 5) is 14.8. The maximum absolute atomic E-state index is 11.8. The van der Waals surface area contributed by atoms with E-state index in [2.05, 4.69) is 4.98 Å². The van der Waals surface area contributed by atoms with Gasteiger partial charge in [0.05, 0.1) is 18.2 Å². The molecule has 0 fully saturated rings. The number of phenolic OH excluding ortho intramolecular Hbond substituents is 1. The number of carbonyl (C=O) groups excluding carboxylic acids is 1. The largest absolute Gasteiger partial charge is 0.506 e. The van der Waals surface area contributed by atoms with Crippen molar-refractivity contribution in [3.8, 4) is 5.75 Å². The lowest BCUT2D eigenvalue weighted by atomic mass is 10.0. The van der Waals surface area contributed by atoms with Crippen LogP contribution in [0.15, 0.2) is 6.07 Å². The fraction of sp³-hybridized carbons (Fsp3) is 0.308. The highest BCUT2D eigenvalue weighted by molar-refractivity contribution is 6.09. The predicted molar refractivity (Wildman–Crippen MR) is 69.8 cm³/mol. The molecular weight excluding hydrogens is 232 g/mol. The van der Waals surface area contributed by atoms with Gasteiger partial charge in [-0.25, -0.2) is 4.79 Å². The zero-order valence-corrected chi connectivity index (χ0v) is 10.6. The Balaban J connectivity index is 2.94. The van der Waals surface area contributed by atoms with Crippen molar-refractivity contribution in [2.75, 3.05) is 12.8 Å². The van der Waals surface area contributed by atoms with Crippen molar-refractivity contribution < 1.29 is 14.6 Å². The number of hydrogen-bond donors (Lipinski definition) is 3. The summed E-state index contributed by atoms with van der Waals surface area (Å²) in [6.45, 7) is 3.72. The molecule has 1 aromatic heterocycles. The molecule has 5 nitrogen and oxygen atoms in total. The minimum absolute atomic E-state index is 0.0398. The normalized spacial score (nSPS) is 10.8. The summed E-state index contributed by atoms with van der Waals surface area (Å²) in [6.07, 6.45) is 0.671. The minimum Gasteiger partial charge on any atom is -0.506 e. The summed E-state index contributed by atoms with van der Waals surface area (Å²) >= 11 is 0. The van der Waals surface area contributed by atoms with Crippen molar-refractivity contribution in [3.63, 3.8) is 0 Å². The molecule has 0 saturated heterocycles. The van der Waals surface area contributed by atoms with Crippen LogP contribution in [0, 0.1) is 6.92 Å². The fourth-order valence-electron chi connectivity index (χ4n) is 2.31. The number of benzene rings is 1. The highest BCUT2D eigenvalue weighted by atomic mass is 16.5. The second-order valence-corrected chi connectivity index (χ2v) is 4.18. The number of anilines is 1. The smallest absolute Gasteiger partial charge is 0.340 e. The van der Waals surface area contributed by atoms with Gasteiger partial charge in [0.15, 0.2) is 0 Å². The molecule has 96 valence electrons. The SMILES string of the molecule is CCc1c(N)cc(O)c2[nH]c(C)c(C(=O)OC)c12. The third kappa shape index (κ3) is 1.59. The average molecular weight is 248 g/mol. The first-order valence-corrected chi connectivity index (χ1v) is 5.72. The second-order valence-electron chi connectivity index (χ2n) is 4.18. The van der Waals surface area contributed by atoms with Crippen molar-refractivity contribution in [1.29, 1.82) is 0 Å². The third-order valence-electron chi connectivity index (χ3n) is 3.13. The van der Waals surface area contributed by atoms with E-state index < -0.39 is 5.97 Å². The zero-order valence-electron chi connectivity index (χ0n) is 10.6. The van der Waals surface area contributed by atoms with E-state index >= 15 is 0 Å². The molecule has 1 heterocycles. The van der Waals surface area contributed by atoms with Crippen LogP contribution in [0.1, 0.15) is 28.5 Å². The molecule has 0 amide bonds. The quantitative estimate of drug-likeness (QED) is 0.561. The number of aryl methyl sites for hydroxylation is 2. The minimum atomic E-state index is -0.432. The number of nitrogens with two attached hydrogens (primary N) is 1. The van der Waals surface area contributed by atoms with Crippen LogP contribution in [-0.4, -0.2) is 23.2 Å². The number of phenols is 1. The number of hydrogen-bond acceptors (Lipinski definition) is 4. The lowest BCUT2D eigenvalue weighted by molar-refractivity contribution is 0.0602. The van der Waals surface area contributed by atoms with E-state index in [1.165, 1.54) is 13.2 Å². The third-order valence-corrected chi connectivity index (χ3v) is 3.13. The van der Waals surface area contributed by atoms with Crippen LogP contribution in [0.4, 0.5) is 5.69 Å². The van der Waals surface area contributed by atoms with E-state index in [1.807, 2.05) is 6.92 Å². The van der Waals surface area contributed by atoms with E-state index in [1.54, 1.807) is 6.92 Å². The molecule has 0 unspecified atom stereocenters. The van der Waals surface area contributed by atoms with Gasteiger partial charge in [-0.15, -0.1) is 0 Å².